The fourth-order valence-electron chi connectivity index (χ4n) is 13.0. The zero-order valence-corrected chi connectivity index (χ0v) is 39.3. The van der Waals surface area contributed by atoms with E-state index in [4.69, 9.17) is 0 Å². The summed E-state index contributed by atoms with van der Waals surface area (Å²) >= 11 is 0. The molecular weight excluding hydrogens is 867 g/mol. The molecule has 0 amide bonds. The second-order valence-corrected chi connectivity index (χ2v) is 20.0. The smallest absolute Gasteiger partial charge is 0.389 e. The Morgan fingerprint density at radius 3 is 0.764 bits per heavy atom. The van der Waals surface area contributed by atoms with Crippen LogP contribution in [0.4, 0.5) is 17.1 Å². The van der Waals surface area contributed by atoms with E-state index in [2.05, 4.69) is 269 Å². The van der Waals surface area contributed by atoms with Gasteiger partial charge in [0, 0.05) is 33.8 Å². The van der Waals surface area contributed by atoms with Crippen LogP contribution in [0.15, 0.2) is 255 Å². The van der Waals surface area contributed by atoms with Gasteiger partial charge in [0.15, 0.2) is 0 Å². The van der Waals surface area contributed by atoms with Crippen LogP contribution in [0, 0.1) is 0 Å². The molecule has 72 heavy (non-hydrogen) atoms. The lowest BCUT2D eigenvalue weighted by molar-refractivity contribution is 1.27. The molecule has 0 N–H and O–H groups in total. The number of anilines is 3. The van der Waals surface area contributed by atoms with E-state index in [1.807, 2.05) is 0 Å². The van der Waals surface area contributed by atoms with Crippen LogP contribution in [0.2, 0.25) is 0 Å². The number of nitrogens with zero attached hydrogens (tertiary/aromatic N) is 3. The van der Waals surface area contributed by atoms with E-state index in [0.29, 0.717) is 0 Å². The summed E-state index contributed by atoms with van der Waals surface area (Å²) in [4.78, 5) is 0. The SMILES string of the molecule is c1ccc2c(c1)B1N(B3c4ccccc4-c4ccc(-c5ccc6ccccc6c5)cc4N3B3c4ccccc4-c4ccc(-c5ccc6ccccc6c5)cc4N13)c1cc(-c3ccc4ccccc4c3)ccc1-2. The molecule has 0 atom stereocenters. The summed E-state index contributed by atoms with van der Waals surface area (Å²) in [6.45, 7) is -0.530. The number of benzene rings is 12. The van der Waals surface area contributed by atoms with E-state index < -0.39 is 0 Å². The second kappa shape index (κ2) is 15.3. The highest BCUT2D eigenvalue weighted by Gasteiger charge is 2.61. The highest BCUT2D eigenvalue weighted by molar-refractivity contribution is 7.16. The van der Waals surface area contributed by atoms with E-state index in [9.17, 15) is 0 Å². The van der Waals surface area contributed by atoms with Crippen molar-refractivity contribution in [3.8, 4) is 66.8 Å². The van der Waals surface area contributed by atoms with Crippen molar-refractivity contribution >= 4 is 86.7 Å². The average Bonchev–Trinajstić information content (AvgIpc) is 3.46. The molecule has 1 fully saturated rings. The molecule has 4 heterocycles. The third-order valence-electron chi connectivity index (χ3n) is 16.2. The molecule has 0 spiro atoms. The lowest BCUT2D eigenvalue weighted by Gasteiger charge is -2.61. The molecule has 0 radical (unpaired) electrons. The van der Waals surface area contributed by atoms with Crippen molar-refractivity contribution in [2.75, 3.05) is 14.2 Å². The molecule has 3 nitrogen and oxygen atoms in total. The zero-order valence-electron chi connectivity index (χ0n) is 39.3. The molecule has 4 aliphatic rings. The van der Waals surface area contributed by atoms with Crippen molar-refractivity contribution in [1.29, 1.82) is 0 Å². The Balaban J connectivity index is 0.994. The minimum atomic E-state index is -0.177. The standard InChI is InChI=1S/C66H42B3N3/c1-4-16-46-37-49(28-25-43(46)13-1)52-31-34-58-55-19-7-10-22-61(55)67-70(64(58)40-52)68-62-23-11-8-20-56(62)59-35-32-53(50-29-26-44-14-2-5-17-47(44)38-50)41-65(59)72(68)69-63-24-12-9-21-57(63)60-36-33-54(42-66(60)71(67)69)51-30-27-45-15-3-6-18-48(45)39-51/h1-42H. The number of hydrogen-bond acceptors (Lipinski definition) is 3. The van der Waals surface area contributed by atoms with Crippen LogP contribution in [0.3, 0.4) is 0 Å². The molecule has 330 valence electrons. The topological polar surface area (TPSA) is 9.72 Å². The van der Waals surface area contributed by atoms with Crippen LogP contribution in [0.5, 0.6) is 0 Å². The summed E-state index contributed by atoms with van der Waals surface area (Å²) in [6.07, 6.45) is 0. The van der Waals surface area contributed by atoms with Gasteiger partial charge in [-0.15, -0.1) is 0 Å². The van der Waals surface area contributed by atoms with Crippen LogP contribution in [-0.2, 0) is 0 Å². The maximum Gasteiger partial charge on any atom is 0.389 e. The predicted molar refractivity (Wildman–Crippen MR) is 308 cm³/mol. The lowest BCUT2D eigenvalue weighted by Crippen LogP contribution is -2.88. The predicted octanol–water partition coefficient (Wildman–Crippen LogP) is 14.1. The van der Waals surface area contributed by atoms with Crippen molar-refractivity contribution in [2.45, 2.75) is 0 Å². The van der Waals surface area contributed by atoms with Gasteiger partial charge in [0.1, 0.15) is 0 Å². The van der Waals surface area contributed by atoms with Crippen molar-refractivity contribution in [1.82, 2.24) is 0 Å². The fourth-order valence-corrected chi connectivity index (χ4v) is 13.0. The molecule has 4 aliphatic heterocycles. The summed E-state index contributed by atoms with van der Waals surface area (Å²) < 4.78 is 8.39. The largest absolute Gasteiger partial charge is 0.416 e. The highest BCUT2D eigenvalue weighted by atomic mass is 15.3. The van der Waals surface area contributed by atoms with Crippen LogP contribution < -0.4 is 30.6 Å². The van der Waals surface area contributed by atoms with Crippen LogP contribution in [-0.4, -0.2) is 20.9 Å². The quantitative estimate of drug-likeness (QED) is 0.164. The lowest BCUT2D eigenvalue weighted by atomic mass is 9.34. The Morgan fingerprint density at radius 2 is 0.444 bits per heavy atom. The van der Waals surface area contributed by atoms with Gasteiger partial charge in [-0.1, -0.05) is 218 Å². The van der Waals surface area contributed by atoms with Gasteiger partial charge < -0.3 is 14.2 Å². The van der Waals surface area contributed by atoms with Gasteiger partial charge >= 0.3 is 20.9 Å². The maximum absolute atomic E-state index is 2.80. The van der Waals surface area contributed by atoms with Crippen molar-refractivity contribution < 1.29 is 0 Å². The Bertz CT molecular complexity index is 3820. The third kappa shape index (κ3) is 5.78. The molecule has 0 aliphatic carbocycles. The molecule has 0 unspecified atom stereocenters. The van der Waals surface area contributed by atoms with Gasteiger partial charge in [-0.3, -0.25) is 0 Å². The minimum absolute atomic E-state index is 0.177. The van der Waals surface area contributed by atoms with Crippen molar-refractivity contribution in [2.24, 2.45) is 0 Å². The van der Waals surface area contributed by atoms with Gasteiger partial charge in [-0.25, -0.2) is 0 Å². The van der Waals surface area contributed by atoms with Gasteiger partial charge in [0.05, 0.1) is 0 Å². The number of rotatable bonds is 3. The van der Waals surface area contributed by atoms with E-state index in [0.717, 1.165) is 0 Å². The Kier molecular flexibility index (Phi) is 8.44. The van der Waals surface area contributed by atoms with Crippen molar-refractivity contribution in [3.63, 3.8) is 0 Å². The summed E-state index contributed by atoms with van der Waals surface area (Å²) in [7, 11) is 0. The van der Waals surface area contributed by atoms with Gasteiger partial charge in [0.2, 0.25) is 0 Å². The molecule has 0 aromatic heterocycles. The first-order valence-electron chi connectivity index (χ1n) is 25.2. The van der Waals surface area contributed by atoms with Crippen LogP contribution >= 0.6 is 0 Å². The number of hydrogen-bond donors (Lipinski definition) is 0. The Morgan fingerprint density at radius 1 is 0.194 bits per heavy atom. The van der Waals surface area contributed by atoms with Crippen LogP contribution in [0.1, 0.15) is 0 Å². The van der Waals surface area contributed by atoms with E-state index >= 15 is 0 Å². The number of fused-ring (bicyclic) bond motifs is 24. The normalized spacial score (nSPS) is 13.7. The molecule has 1 saturated heterocycles. The van der Waals surface area contributed by atoms with Gasteiger partial charge in [0.25, 0.3) is 0 Å². The summed E-state index contributed by atoms with van der Waals surface area (Å²) in [5.74, 6) is 0. The third-order valence-corrected chi connectivity index (χ3v) is 16.2. The molecule has 0 bridgehead atoms. The first kappa shape index (κ1) is 39.8. The van der Waals surface area contributed by atoms with E-state index in [1.165, 1.54) is 133 Å². The van der Waals surface area contributed by atoms with E-state index in [-0.39, 0.29) is 20.9 Å². The first-order chi connectivity index (χ1) is 35.7. The van der Waals surface area contributed by atoms with Crippen molar-refractivity contribution in [3.05, 3.63) is 255 Å². The van der Waals surface area contributed by atoms with Crippen LogP contribution in [0.25, 0.3) is 99.1 Å². The van der Waals surface area contributed by atoms with Gasteiger partial charge in [-0.2, -0.15) is 0 Å². The maximum atomic E-state index is 2.80. The summed E-state index contributed by atoms with van der Waals surface area (Å²) in [5, 5.41) is 7.48. The second-order valence-electron chi connectivity index (χ2n) is 20.0. The summed E-state index contributed by atoms with van der Waals surface area (Å²) in [6, 6.07) is 96.2. The highest BCUT2D eigenvalue weighted by Crippen LogP contribution is 2.50. The van der Waals surface area contributed by atoms with E-state index in [1.54, 1.807) is 0 Å². The molecule has 6 heteroatoms. The average molecular weight is 910 g/mol. The molecular formula is C66H42B3N3. The fraction of sp³-hybridized carbons (Fsp3) is 0. The summed E-state index contributed by atoms with van der Waals surface area (Å²) in [5.41, 5.74) is 22.5. The minimum Gasteiger partial charge on any atom is -0.416 e. The molecule has 12 aromatic rings. The zero-order chi connectivity index (χ0) is 47.0. The Labute approximate surface area is 420 Å². The first-order valence-corrected chi connectivity index (χ1v) is 25.2. The molecule has 12 aromatic carbocycles. The monoisotopic (exact) mass is 909 g/mol. The Hall–Kier alpha value is -8.99. The molecule has 16 rings (SSSR count). The molecule has 0 saturated carbocycles. The van der Waals surface area contributed by atoms with Gasteiger partial charge in [-0.05, 0) is 135 Å².